The van der Waals surface area contributed by atoms with Gasteiger partial charge < -0.3 is 20.7 Å². The zero-order valence-electron chi connectivity index (χ0n) is 12.4. The average Bonchev–Trinajstić information content (AvgIpc) is 2.48. The predicted molar refractivity (Wildman–Crippen MR) is 80.4 cm³/mol. The van der Waals surface area contributed by atoms with Crippen molar-refractivity contribution in [3.05, 3.63) is 35.9 Å². The molecule has 0 radical (unpaired) electrons. The summed E-state index contributed by atoms with van der Waals surface area (Å²) in [6, 6.07) is 9.66. The summed E-state index contributed by atoms with van der Waals surface area (Å²) in [7, 11) is 1.61. The van der Waals surface area contributed by atoms with Gasteiger partial charge >= 0.3 is 0 Å². The molecule has 116 valence electrons. The monoisotopic (exact) mass is 293 g/mol. The molecule has 0 aliphatic carbocycles. The lowest BCUT2D eigenvalue weighted by atomic mass is 10.2. The van der Waals surface area contributed by atoms with E-state index in [2.05, 4.69) is 5.32 Å². The highest BCUT2D eigenvalue weighted by atomic mass is 16.5. The van der Waals surface area contributed by atoms with Gasteiger partial charge in [0.1, 0.15) is 0 Å². The number of hydrogen-bond donors (Lipinski definition) is 2. The van der Waals surface area contributed by atoms with Crippen molar-refractivity contribution in [1.29, 1.82) is 0 Å². The van der Waals surface area contributed by atoms with E-state index in [1.54, 1.807) is 12.0 Å². The van der Waals surface area contributed by atoms with Gasteiger partial charge in [0.05, 0.1) is 13.2 Å². The van der Waals surface area contributed by atoms with Crippen LogP contribution in [0.25, 0.3) is 0 Å². The van der Waals surface area contributed by atoms with E-state index < -0.39 is 5.91 Å². The Kier molecular flexibility index (Phi) is 8.08. The molecule has 2 amide bonds. The summed E-state index contributed by atoms with van der Waals surface area (Å²) >= 11 is 0. The van der Waals surface area contributed by atoms with Gasteiger partial charge in [0, 0.05) is 33.2 Å². The molecule has 0 heterocycles. The number of methoxy groups -OCH3 is 1. The molecule has 0 saturated heterocycles. The Morgan fingerprint density at radius 1 is 1.29 bits per heavy atom. The second kappa shape index (κ2) is 9.90. The highest BCUT2D eigenvalue weighted by molar-refractivity contribution is 5.79. The maximum Gasteiger partial charge on any atom is 0.236 e. The molecule has 3 N–H and O–H groups in total. The highest BCUT2D eigenvalue weighted by Gasteiger charge is 2.14. The largest absolute Gasteiger partial charge is 0.383 e. The van der Waals surface area contributed by atoms with E-state index in [4.69, 9.17) is 10.5 Å². The SMILES string of the molecule is COCCNCC(=O)N(CCC(N)=O)Cc1ccccc1. The van der Waals surface area contributed by atoms with Crippen molar-refractivity contribution in [2.45, 2.75) is 13.0 Å². The van der Waals surface area contributed by atoms with Gasteiger partial charge in [0.2, 0.25) is 11.8 Å². The van der Waals surface area contributed by atoms with Gasteiger partial charge in [-0.3, -0.25) is 9.59 Å². The Bertz CT molecular complexity index is 437. The molecule has 0 unspecified atom stereocenters. The first-order valence-electron chi connectivity index (χ1n) is 6.93. The molecule has 0 spiro atoms. The highest BCUT2D eigenvalue weighted by Crippen LogP contribution is 2.05. The maximum atomic E-state index is 12.2. The van der Waals surface area contributed by atoms with E-state index in [0.717, 1.165) is 5.56 Å². The summed E-state index contributed by atoms with van der Waals surface area (Å²) in [5, 5.41) is 3.01. The lowest BCUT2D eigenvalue weighted by Gasteiger charge is -2.22. The molecule has 21 heavy (non-hydrogen) atoms. The van der Waals surface area contributed by atoms with E-state index in [9.17, 15) is 9.59 Å². The van der Waals surface area contributed by atoms with Gasteiger partial charge in [-0.1, -0.05) is 30.3 Å². The Balaban J connectivity index is 2.54. The predicted octanol–water partition coefficient (Wildman–Crippen LogP) is 0.127. The summed E-state index contributed by atoms with van der Waals surface area (Å²) in [4.78, 5) is 24.8. The van der Waals surface area contributed by atoms with Crippen molar-refractivity contribution < 1.29 is 14.3 Å². The van der Waals surface area contributed by atoms with Gasteiger partial charge in [-0.05, 0) is 5.56 Å². The molecule has 0 atom stereocenters. The quantitative estimate of drug-likeness (QED) is 0.600. The lowest BCUT2D eigenvalue weighted by Crippen LogP contribution is -2.40. The van der Waals surface area contributed by atoms with Crippen LogP contribution in [0.5, 0.6) is 0 Å². The Hall–Kier alpha value is -1.92. The fourth-order valence-corrected chi connectivity index (χ4v) is 1.82. The number of carbonyl (C=O) groups excluding carboxylic acids is 2. The Morgan fingerprint density at radius 3 is 2.62 bits per heavy atom. The van der Waals surface area contributed by atoms with Crippen LogP contribution in [0.1, 0.15) is 12.0 Å². The summed E-state index contributed by atoms with van der Waals surface area (Å²) < 4.78 is 4.91. The van der Waals surface area contributed by atoms with Gasteiger partial charge in [0.25, 0.3) is 0 Å². The van der Waals surface area contributed by atoms with Crippen LogP contribution in [0.15, 0.2) is 30.3 Å². The summed E-state index contributed by atoms with van der Waals surface area (Å²) in [6.45, 7) is 2.17. The van der Waals surface area contributed by atoms with Gasteiger partial charge in [-0.15, -0.1) is 0 Å². The van der Waals surface area contributed by atoms with Crippen molar-refractivity contribution in [1.82, 2.24) is 10.2 Å². The van der Waals surface area contributed by atoms with Crippen LogP contribution in [0.2, 0.25) is 0 Å². The molecule has 0 aromatic heterocycles. The molecule has 6 heteroatoms. The molecule has 0 aliphatic heterocycles. The van der Waals surface area contributed by atoms with E-state index >= 15 is 0 Å². The normalized spacial score (nSPS) is 10.3. The number of nitrogens with zero attached hydrogens (tertiary/aromatic N) is 1. The number of primary amides is 1. The first kappa shape index (κ1) is 17.1. The fraction of sp³-hybridized carbons (Fsp3) is 0.467. The minimum absolute atomic E-state index is 0.0591. The van der Waals surface area contributed by atoms with Crippen molar-refractivity contribution in [2.75, 3.05) is 33.4 Å². The van der Waals surface area contributed by atoms with E-state index in [1.807, 2.05) is 30.3 Å². The Labute approximate surface area is 125 Å². The van der Waals surface area contributed by atoms with E-state index in [-0.39, 0.29) is 18.9 Å². The van der Waals surface area contributed by atoms with Crippen molar-refractivity contribution >= 4 is 11.8 Å². The van der Waals surface area contributed by atoms with Crippen molar-refractivity contribution in [3.63, 3.8) is 0 Å². The molecule has 1 rings (SSSR count). The standard InChI is InChI=1S/C15H23N3O3/c1-21-10-8-17-11-15(20)18(9-7-14(16)19)12-13-5-3-2-4-6-13/h2-6,17H,7-12H2,1H3,(H2,16,19). The molecule has 1 aromatic carbocycles. The fourth-order valence-electron chi connectivity index (χ4n) is 1.82. The summed E-state index contributed by atoms with van der Waals surface area (Å²) in [6.07, 6.45) is 0.163. The van der Waals surface area contributed by atoms with Crippen LogP contribution in [-0.2, 0) is 20.9 Å². The first-order valence-corrected chi connectivity index (χ1v) is 6.93. The van der Waals surface area contributed by atoms with Crippen LogP contribution < -0.4 is 11.1 Å². The number of nitrogens with two attached hydrogens (primary N) is 1. The Morgan fingerprint density at radius 2 is 2.00 bits per heavy atom. The minimum Gasteiger partial charge on any atom is -0.383 e. The molecule has 0 aliphatic rings. The third-order valence-electron chi connectivity index (χ3n) is 2.96. The van der Waals surface area contributed by atoms with Crippen LogP contribution >= 0.6 is 0 Å². The van der Waals surface area contributed by atoms with Gasteiger partial charge in [0.15, 0.2) is 0 Å². The van der Waals surface area contributed by atoms with E-state index in [0.29, 0.717) is 26.2 Å². The van der Waals surface area contributed by atoms with Crippen LogP contribution in [0, 0.1) is 0 Å². The van der Waals surface area contributed by atoms with Crippen molar-refractivity contribution in [2.24, 2.45) is 5.73 Å². The van der Waals surface area contributed by atoms with Gasteiger partial charge in [-0.25, -0.2) is 0 Å². The zero-order chi connectivity index (χ0) is 15.5. The molecule has 1 aromatic rings. The number of amides is 2. The van der Waals surface area contributed by atoms with Crippen LogP contribution in [-0.4, -0.2) is 50.1 Å². The average molecular weight is 293 g/mol. The number of hydrogen-bond acceptors (Lipinski definition) is 4. The summed E-state index contributed by atoms with van der Waals surface area (Å²) in [5.41, 5.74) is 6.19. The van der Waals surface area contributed by atoms with Crippen LogP contribution in [0.4, 0.5) is 0 Å². The second-order valence-corrected chi connectivity index (χ2v) is 4.69. The molecule has 0 fully saturated rings. The molecule has 6 nitrogen and oxygen atoms in total. The zero-order valence-corrected chi connectivity index (χ0v) is 12.4. The maximum absolute atomic E-state index is 12.2. The summed E-state index contributed by atoms with van der Waals surface area (Å²) in [5.74, 6) is -0.468. The minimum atomic E-state index is -0.409. The molecular formula is C15H23N3O3. The molecule has 0 bridgehead atoms. The third kappa shape index (κ3) is 7.43. The topological polar surface area (TPSA) is 84.7 Å². The first-order chi connectivity index (χ1) is 10.1. The van der Waals surface area contributed by atoms with Crippen molar-refractivity contribution in [3.8, 4) is 0 Å². The molecular weight excluding hydrogens is 270 g/mol. The number of nitrogens with one attached hydrogen (secondary N) is 1. The molecule has 0 saturated carbocycles. The lowest BCUT2D eigenvalue weighted by molar-refractivity contribution is -0.131. The van der Waals surface area contributed by atoms with E-state index in [1.165, 1.54) is 0 Å². The number of ether oxygens (including phenoxy) is 1. The van der Waals surface area contributed by atoms with Gasteiger partial charge in [-0.2, -0.15) is 0 Å². The third-order valence-corrected chi connectivity index (χ3v) is 2.96. The smallest absolute Gasteiger partial charge is 0.236 e. The number of carbonyl (C=O) groups is 2. The van der Waals surface area contributed by atoms with Crippen LogP contribution in [0.3, 0.4) is 0 Å². The number of benzene rings is 1. The second-order valence-electron chi connectivity index (χ2n) is 4.69. The number of rotatable bonds is 10.